The molecule has 1 amide bonds. The van der Waals surface area contributed by atoms with E-state index >= 15 is 0 Å². The fourth-order valence-electron chi connectivity index (χ4n) is 3.47. The van der Waals surface area contributed by atoms with Gasteiger partial charge in [-0.1, -0.05) is 42.0 Å². The number of nitrogens with zero attached hydrogens (tertiary/aromatic N) is 4. The number of nitrogens with two attached hydrogens (primary N) is 1. The van der Waals surface area contributed by atoms with Gasteiger partial charge in [0.2, 0.25) is 5.91 Å². The Hall–Kier alpha value is -2.96. The van der Waals surface area contributed by atoms with Crippen molar-refractivity contribution in [3.63, 3.8) is 0 Å². The van der Waals surface area contributed by atoms with Crippen LogP contribution in [-0.2, 0) is 11.3 Å². The molecule has 1 aromatic heterocycles. The highest BCUT2D eigenvalue weighted by Gasteiger charge is 2.23. The molecule has 148 valence electrons. The van der Waals surface area contributed by atoms with Crippen molar-refractivity contribution in [1.29, 1.82) is 0 Å². The molecule has 6 nitrogen and oxygen atoms in total. The van der Waals surface area contributed by atoms with Crippen LogP contribution in [-0.4, -0.2) is 51.9 Å². The zero-order valence-electron chi connectivity index (χ0n) is 16.0. The highest BCUT2D eigenvalue weighted by molar-refractivity contribution is 6.30. The minimum absolute atomic E-state index is 0.134. The van der Waals surface area contributed by atoms with E-state index in [2.05, 4.69) is 20.9 Å². The Morgan fingerprint density at radius 1 is 1.14 bits per heavy atom. The normalized spacial score (nSPS) is 15.5. The summed E-state index contributed by atoms with van der Waals surface area (Å²) in [6, 6.07) is 13.6. The average molecular weight is 408 g/mol. The first kappa shape index (κ1) is 19.4. The third-order valence-electron chi connectivity index (χ3n) is 5.03. The van der Waals surface area contributed by atoms with Crippen molar-refractivity contribution in [3.8, 4) is 0 Å². The van der Waals surface area contributed by atoms with E-state index in [0.29, 0.717) is 25.5 Å². The number of rotatable bonds is 5. The number of carbonyl (C=O) groups is 1. The molecule has 7 heteroatoms. The van der Waals surface area contributed by atoms with E-state index in [9.17, 15) is 4.79 Å². The lowest BCUT2D eigenvalue weighted by atomic mass is 10.1. The Morgan fingerprint density at radius 3 is 2.86 bits per heavy atom. The number of anilines is 1. The van der Waals surface area contributed by atoms with Gasteiger partial charge >= 0.3 is 0 Å². The molecule has 0 spiro atoms. The van der Waals surface area contributed by atoms with Crippen LogP contribution >= 0.6 is 11.6 Å². The SMILES string of the molecule is Nc1ncnc2cc(CN3CCN(C/C=C/c4cccc(Cl)c4)CC3=O)ccc12. The smallest absolute Gasteiger partial charge is 0.237 e. The van der Waals surface area contributed by atoms with Crippen molar-refractivity contribution in [2.24, 2.45) is 0 Å². The van der Waals surface area contributed by atoms with Gasteiger partial charge in [-0.05, 0) is 35.4 Å². The summed E-state index contributed by atoms with van der Waals surface area (Å²) in [5, 5.41) is 1.55. The summed E-state index contributed by atoms with van der Waals surface area (Å²) in [5.74, 6) is 0.603. The maximum Gasteiger partial charge on any atom is 0.237 e. The van der Waals surface area contributed by atoms with Crippen LogP contribution < -0.4 is 5.73 Å². The van der Waals surface area contributed by atoms with Gasteiger partial charge in [0, 0.05) is 36.6 Å². The maximum absolute atomic E-state index is 12.6. The molecule has 4 rings (SSSR count). The van der Waals surface area contributed by atoms with Gasteiger partial charge in [-0.3, -0.25) is 9.69 Å². The Labute approximate surface area is 174 Å². The summed E-state index contributed by atoms with van der Waals surface area (Å²) in [6.07, 6.45) is 5.57. The van der Waals surface area contributed by atoms with Crippen LogP contribution in [0.15, 0.2) is 54.9 Å². The first-order valence-electron chi connectivity index (χ1n) is 9.50. The second-order valence-corrected chi connectivity index (χ2v) is 7.55. The summed E-state index contributed by atoms with van der Waals surface area (Å²) in [5.41, 5.74) is 8.78. The van der Waals surface area contributed by atoms with E-state index in [1.165, 1.54) is 6.33 Å². The second kappa shape index (κ2) is 8.59. The predicted octanol–water partition coefficient (Wildman–Crippen LogP) is 3.22. The standard InChI is InChI=1S/C22H22ClN5O/c23-18-5-1-3-16(11-18)4-2-8-27-9-10-28(21(29)14-27)13-17-6-7-19-20(12-17)25-15-26-22(19)24/h1-7,11-12,15H,8-10,13-14H2,(H2,24,25,26)/b4-2+. The Balaban J connectivity index is 1.34. The molecule has 0 bridgehead atoms. The van der Waals surface area contributed by atoms with E-state index in [-0.39, 0.29) is 5.91 Å². The van der Waals surface area contributed by atoms with E-state index in [1.54, 1.807) is 0 Å². The second-order valence-electron chi connectivity index (χ2n) is 7.12. The molecule has 29 heavy (non-hydrogen) atoms. The topological polar surface area (TPSA) is 75.3 Å². The molecule has 2 aromatic carbocycles. The maximum atomic E-state index is 12.6. The molecule has 0 atom stereocenters. The van der Waals surface area contributed by atoms with Crippen molar-refractivity contribution in [3.05, 3.63) is 71.0 Å². The fourth-order valence-corrected chi connectivity index (χ4v) is 3.67. The number of nitrogen functional groups attached to an aromatic ring is 1. The molecule has 0 unspecified atom stereocenters. The summed E-state index contributed by atoms with van der Waals surface area (Å²) in [7, 11) is 0. The van der Waals surface area contributed by atoms with E-state index in [0.717, 1.165) is 40.1 Å². The average Bonchev–Trinajstić information content (AvgIpc) is 2.70. The van der Waals surface area contributed by atoms with Gasteiger partial charge < -0.3 is 10.6 Å². The number of amides is 1. The summed E-state index contributed by atoms with van der Waals surface area (Å²) >= 11 is 6.01. The van der Waals surface area contributed by atoms with Crippen molar-refractivity contribution >= 4 is 40.3 Å². The molecular formula is C22H22ClN5O. The van der Waals surface area contributed by atoms with Crippen LogP contribution in [0.3, 0.4) is 0 Å². The number of carbonyl (C=O) groups excluding carboxylic acids is 1. The van der Waals surface area contributed by atoms with Gasteiger partial charge in [0.25, 0.3) is 0 Å². The fraction of sp³-hybridized carbons (Fsp3) is 0.227. The predicted molar refractivity (Wildman–Crippen MR) is 116 cm³/mol. The van der Waals surface area contributed by atoms with Crippen molar-refractivity contribution in [2.75, 3.05) is 31.9 Å². The van der Waals surface area contributed by atoms with Crippen LogP contribution in [0, 0.1) is 0 Å². The van der Waals surface area contributed by atoms with Crippen LogP contribution in [0.5, 0.6) is 0 Å². The van der Waals surface area contributed by atoms with E-state index in [1.807, 2.05) is 53.4 Å². The number of hydrogen-bond donors (Lipinski definition) is 1. The largest absolute Gasteiger partial charge is 0.383 e. The zero-order valence-corrected chi connectivity index (χ0v) is 16.7. The first-order chi connectivity index (χ1) is 14.1. The Kier molecular flexibility index (Phi) is 5.74. The van der Waals surface area contributed by atoms with Crippen molar-refractivity contribution in [2.45, 2.75) is 6.54 Å². The summed E-state index contributed by atoms with van der Waals surface area (Å²) in [6.45, 7) is 3.27. The van der Waals surface area contributed by atoms with Crippen LogP contribution in [0.2, 0.25) is 5.02 Å². The molecular weight excluding hydrogens is 386 g/mol. The van der Waals surface area contributed by atoms with Gasteiger partial charge in [0.05, 0.1) is 12.1 Å². The van der Waals surface area contributed by atoms with Gasteiger partial charge in [-0.25, -0.2) is 9.97 Å². The number of fused-ring (bicyclic) bond motifs is 1. The monoisotopic (exact) mass is 407 g/mol. The lowest BCUT2D eigenvalue weighted by molar-refractivity contribution is -0.136. The number of aromatic nitrogens is 2. The first-order valence-corrected chi connectivity index (χ1v) is 9.87. The summed E-state index contributed by atoms with van der Waals surface area (Å²) < 4.78 is 0. The molecule has 2 heterocycles. The lowest BCUT2D eigenvalue weighted by Gasteiger charge is -2.33. The lowest BCUT2D eigenvalue weighted by Crippen LogP contribution is -2.49. The minimum atomic E-state index is 0.134. The van der Waals surface area contributed by atoms with Crippen LogP contribution in [0.4, 0.5) is 5.82 Å². The number of hydrogen-bond acceptors (Lipinski definition) is 5. The molecule has 1 aliphatic rings. The molecule has 1 aliphatic heterocycles. The Morgan fingerprint density at radius 2 is 2.03 bits per heavy atom. The van der Waals surface area contributed by atoms with Gasteiger partial charge in [-0.2, -0.15) is 0 Å². The zero-order chi connectivity index (χ0) is 20.2. The molecule has 1 saturated heterocycles. The van der Waals surface area contributed by atoms with Gasteiger partial charge in [0.15, 0.2) is 0 Å². The van der Waals surface area contributed by atoms with Crippen molar-refractivity contribution < 1.29 is 4.79 Å². The van der Waals surface area contributed by atoms with E-state index < -0.39 is 0 Å². The Bertz CT molecular complexity index is 1070. The minimum Gasteiger partial charge on any atom is -0.383 e. The third-order valence-corrected chi connectivity index (χ3v) is 5.26. The molecule has 0 aliphatic carbocycles. The van der Waals surface area contributed by atoms with Gasteiger partial charge in [0.1, 0.15) is 12.1 Å². The summed E-state index contributed by atoms with van der Waals surface area (Å²) in [4.78, 5) is 24.9. The number of halogens is 1. The highest BCUT2D eigenvalue weighted by atomic mass is 35.5. The van der Waals surface area contributed by atoms with Crippen molar-refractivity contribution in [1.82, 2.24) is 19.8 Å². The van der Waals surface area contributed by atoms with E-state index in [4.69, 9.17) is 17.3 Å². The molecule has 2 N–H and O–H groups in total. The molecule has 3 aromatic rings. The quantitative estimate of drug-likeness (QED) is 0.702. The number of piperazine rings is 1. The van der Waals surface area contributed by atoms with Crippen LogP contribution in [0.25, 0.3) is 17.0 Å². The van der Waals surface area contributed by atoms with Crippen LogP contribution in [0.1, 0.15) is 11.1 Å². The third kappa shape index (κ3) is 4.72. The molecule has 0 saturated carbocycles. The molecule has 1 fully saturated rings. The number of benzene rings is 2. The van der Waals surface area contributed by atoms with Gasteiger partial charge in [-0.15, -0.1) is 0 Å². The highest BCUT2D eigenvalue weighted by Crippen LogP contribution is 2.19. The molecule has 0 radical (unpaired) electrons.